The number of anilines is 1. The molecule has 1 amide bonds. The zero-order valence-corrected chi connectivity index (χ0v) is 13.1. The van der Waals surface area contributed by atoms with Gasteiger partial charge in [0.1, 0.15) is 17.3 Å². The average Bonchev–Trinajstić information content (AvgIpc) is 3.13. The molecule has 0 saturated carbocycles. The van der Waals surface area contributed by atoms with Crippen LogP contribution in [0.25, 0.3) is 0 Å². The monoisotopic (exact) mass is 325 g/mol. The number of nitrogens with zero attached hydrogens (tertiary/aromatic N) is 1. The summed E-state index contributed by atoms with van der Waals surface area (Å²) in [5, 5.41) is 0. The predicted molar refractivity (Wildman–Crippen MR) is 88.6 cm³/mol. The fourth-order valence-electron chi connectivity index (χ4n) is 2.38. The first kappa shape index (κ1) is 15.8. The molecule has 0 aliphatic carbocycles. The van der Waals surface area contributed by atoms with E-state index in [1.165, 1.54) is 23.3 Å². The lowest BCUT2D eigenvalue weighted by molar-refractivity contribution is 0.0979. The van der Waals surface area contributed by atoms with Crippen molar-refractivity contribution in [1.82, 2.24) is 0 Å². The molecule has 0 bridgehead atoms. The zero-order valence-electron chi connectivity index (χ0n) is 13.1. The standard InChI is InChI=1S/C19H16FNO3/c1-23-15-10-8-14(9-11-15)21(13-16-5-4-12-24-16)19(22)17-6-2-3-7-18(17)20/h2-12H,13H2,1H3. The lowest BCUT2D eigenvalue weighted by Gasteiger charge is -2.22. The van der Waals surface area contributed by atoms with E-state index < -0.39 is 11.7 Å². The van der Waals surface area contributed by atoms with Crippen LogP contribution < -0.4 is 9.64 Å². The molecule has 0 spiro atoms. The smallest absolute Gasteiger partial charge is 0.261 e. The summed E-state index contributed by atoms with van der Waals surface area (Å²) < 4.78 is 24.5. The van der Waals surface area contributed by atoms with Crippen LogP contribution in [0.2, 0.25) is 0 Å². The Balaban J connectivity index is 1.97. The van der Waals surface area contributed by atoms with E-state index in [0.29, 0.717) is 17.2 Å². The van der Waals surface area contributed by atoms with Crippen LogP contribution in [0.5, 0.6) is 5.75 Å². The second kappa shape index (κ2) is 7.00. The van der Waals surface area contributed by atoms with Gasteiger partial charge in [-0.05, 0) is 48.5 Å². The summed E-state index contributed by atoms with van der Waals surface area (Å²) in [5.74, 6) is 0.292. The third kappa shape index (κ3) is 3.30. The topological polar surface area (TPSA) is 42.7 Å². The molecule has 1 heterocycles. The molecular formula is C19H16FNO3. The Kier molecular flexibility index (Phi) is 4.61. The lowest BCUT2D eigenvalue weighted by atomic mass is 10.1. The number of carbonyl (C=O) groups excluding carboxylic acids is 1. The van der Waals surface area contributed by atoms with Crippen LogP contribution in [0.3, 0.4) is 0 Å². The molecule has 4 nitrogen and oxygen atoms in total. The second-order valence-electron chi connectivity index (χ2n) is 5.15. The van der Waals surface area contributed by atoms with Gasteiger partial charge in [-0.15, -0.1) is 0 Å². The summed E-state index contributed by atoms with van der Waals surface area (Å²) in [5.41, 5.74) is 0.639. The van der Waals surface area contributed by atoms with E-state index in [4.69, 9.17) is 9.15 Å². The minimum atomic E-state index is -0.555. The Morgan fingerprint density at radius 1 is 1.08 bits per heavy atom. The quantitative estimate of drug-likeness (QED) is 0.703. The van der Waals surface area contributed by atoms with E-state index in [0.717, 1.165) is 0 Å². The Hall–Kier alpha value is -3.08. The van der Waals surface area contributed by atoms with E-state index in [1.54, 1.807) is 55.6 Å². The van der Waals surface area contributed by atoms with Gasteiger partial charge in [0.25, 0.3) is 5.91 Å². The first-order valence-corrected chi connectivity index (χ1v) is 7.42. The van der Waals surface area contributed by atoms with Gasteiger partial charge in [0, 0.05) is 5.69 Å². The summed E-state index contributed by atoms with van der Waals surface area (Å²) in [7, 11) is 1.57. The van der Waals surface area contributed by atoms with Crippen molar-refractivity contribution in [3.63, 3.8) is 0 Å². The fraction of sp³-hybridized carbons (Fsp3) is 0.105. The van der Waals surface area contributed by atoms with Crippen LogP contribution in [0.1, 0.15) is 16.1 Å². The lowest BCUT2D eigenvalue weighted by Crippen LogP contribution is -2.31. The van der Waals surface area contributed by atoms with Crippen molar-refractivity contribution in [1.29, 1.82) is 0 Å². The Labute approximate surface area is 139 Å². The minimum Gasteiger partial charge on any atom is -0.497 e. The summed E-state index contributed by atoms with van der Waals surface area (Å²) in [6.45, 7) is 0.201. The van der Waals surface area contributed by atoms with Crippen molar-refractivity contribution in [2.24, 2.45) is 0 Å². The van der Waals surface area contributed by atoms with Crippen LogP contribution in [0.4, 0.5) is 10.1 Å². The second-order valence-corrected chi connectivity index (χ2v) is 5.15. The molecule has 122 valence electrons. The van der Waals surface area contributed by atoms with Gasteiger partial charge < -0.3 is 14.1 Å². The largest absolute Gasteiger partial charge is 0.497 e. The molecule has 1 aromatic heterocycles. The van der Waals surface area contributed by atoms with E-state index in [1.807, 2.05) is 0 Å². The number of rotatable bonds is 5. The molecule has 5 heteroatoms. The van der Waals surface area contributed by atoms with E-state index in [9.17, 15) is 9.18 Å². The third-order valence-electron chi connectivity index (χ3n) is 3.63. The zero-order chi connectivity index (χ0) is 16.9. The molecule has 24 heavy (non-hydrogen) atoms. The van der Waals surface area contributed by atoms with Crippen molar-refractivity contribution in [2.75, 3.05) is 12.0 Å². The maximum atomic E-state index is 14.0. The van der Waals surface area contributed by atoms with Crippen LogP contribution in [0.15, 0.2) is 71.3 Å². The maximum absolute atomic E-state index is 14.0. The number of methoxy groups -OCH3 is 1. The van der Waals surface area contributed by atoms with Gasteiger partial charge in [0.05, 0.1) is 25.5 Å². The molecular weight excluding hydrogens is 309 g/mol. The van der Waals surface area contributed by atoms with Gasteiger partial charge >= 0.3 is 0 Å². The SMILES string of the molecule is COc1ccc(N(Cc2ccco2)C(=O)c2ccccc2F)cc1. The van der Waals surface area contributed by atoms with Crippen molar-refractivity contribution in [3.8, 4) is 5.75 Å². The number of amides is 1. The number of ether oxygens (including phenoxy) is 1. The van der Waals surface area contributed by atoms with E-state index >= 15 is 0 Å². The highest BCUT2D eigenvalue weighted by Gasteiger charge is 2.22. The average molecular weight is 325 g/mol. The van der Waals surface area contributed by atoms with Crippen LogP contribution in [-0.4, -0.2) is 13.0 Å². The van der Waals surface area contributed by atoms with Crippen molar-refractivity contribution < 1.29 is 18.3 Å². The molecule has 0 unspecified atom stereocenters. The van der Waals surface area contributed by atoms with Gasteiger partial charge in [-0.1, -0.05) is 12.1 Å². The number of furan rings is 1. The van der Waals surface area contributed by atoms with Crippen molar-refractivity contribution in [2.45, 2.75) is 6.54 Å². The Morgan fingerprint density at radius 2 is 1.83 bits per heavy atom. The summed E-state index contributed by atoms with van der Waals surface area (Å²) in [6, 6.07) is 16.4. The molecule has 0 fully saturated rings. The molecule has 0 aliphatic heterocycles. The Morgan fingerprint density at radius 3 is 2.46 bits per heavy atom. The highest BCUT2D eigenvalue weighted by Crippen LogP contribution is 2.24. The summed E-state index contributed by atoms with van der Waals surface area (Å²) in [6.07, 6.45) is 1.54. The minimum absolute atomic E-state index is 0.0138. The Bertz CT molecular complexity index is 813. The molecule has 0 saturated heterocycles. The van der Waals surface area contributed by atoms with Crippen LogP contribution >= 0.6 is 0 Å². The summed E-state index contributed by atoms with van der Waals surface area (Å²) in [4.78, 5) is 14.3. The molecule has 3 aromatic rings. The normalized spacial score (nSPS) is 10.4. The van der Waals surface area contributed by atoms with Gasteiger partial charge in [-0.25, -0.2) is 4.39 Å². The molecule has 0 atom stereocenters. The number of hydrogen-bond acceptors (Lipinski definition) is 3. The highest BCUT2D eigenvalue weighted by atomic mass is 19.1. The molecule has 0 N–H and O–H groups in total. The molecule has 2 aromatic carbocycles. The van der Waals surface area contributed by atoms with Gasteiger partial charge in [-0.2, -0.15) is 0 Å². The first-order valence-electron chi connectivity index (χ1n) is 7.42. The van der Waals surface area contributed by atoms with E-state index in [2.05, 4.69) is 0 Å². The van der Waals surface area contributed by atoms with Crippen LogP contribution in [0, 0.1) is 5.82 Å². The molecule has 0 radical (unpaired) electrons. The maximum Gasteiger partial charge on any atom is 0.261 e. The highest BCUT2D eigenvalue weighted by molar-refractivity contribution is 6.06. The number of halogens is 1. The number of hydrogen-bond donors (Lipinski definition) is 0. The van der Waals surface area contributed by atoms with Crippen molar-refractivity contribution >= 4 is 11.6 Å². The molecule has 0 aliphatic rings. The summed E-state index contributed by atoms with van der Waals surface area (Å²) >= 11 is 0. The number of carbonyl (C=O) groups is 1. The first-order chi connectivity index (χ1) is 11.7. The predicted octanol–water partition coefficient (Wildman–Crippen LogP) is 4.27. The van der Waals surface area contributed by atoms with E-state index in [-0.39, 0.29) is 12.1 Å². The number of benzene rings is 2. The molecule has 3 rings (SSSR count). The van der Waals surface area contributed by atoms with Gasteiger partial charge in [0.2, 0.25) is 0 Å². The van der Waals surface area contributed by atoms with Gasteiger partial charge in [0.15, 0.2) is 0 Å². The van der Waals surface area contributed by atoms with Gasteiger partial charge in [-0.3, -0.25) is 4.79 Å². The van der Waals surface area contributed by atoms with Crippen molar-refractivity contribution in [3.05, 3.63) is 84.1 Å². The third-order valence-corrected chi connectivity index (χ3v) is 3.63. The fourth-order valence-corrected chi connectivity index (χ4v) is 2.38. The van der Waals surface area contributed by atoms with Crippen LogP contribution in [-0.2, 0) is 6.54 Å².